The third-order valence-corrected chi connectivity index (χ3v) is 4.28. The number of carbonyl (C=O) groups excluding carboxylic acids is 3. The summed E-state index contributed by atoms with van der Waals surface area (Å²) >= 11 is 0. The number of nitrogens with one attached hydrogen (secondary N) is 1. The Bertz CT molecular complexity index is 641. The van der Waals surface area contributed by atoms with E-state index >= 15 is 0 Å². The number of piperazine rings is 1. The van der Waals surface area contributed by atoms with Gasteiger partial charge in [0.15, 0.2) is 0 Å². The predicted molar refractivity (Wildman–Crippen MR) is 93.8 cm³/mol. The Morgan fingerprint density at radius 3 is 2.52 bits per heavy atom. The van der Waals surface area contributed by atoms with Crippen molar-refractivity contribution in [3.8, 4) is 0 Å². The molecule has 1 atom stereocenters. The van der Waals surface area contributed by atoms with Crippen LogP contribution < -0.4 is 16.0 Å². The van der Waals surface area contributed by atoms with Gasteiger partial charge in [0.1, 0.15) is 6.04 Å². The molecule has 0 bridgehead atoms. The van der Waals surface area contributed by atoms with Gasteiger partial charge in [0.05, 0.1) is 0 Å². The Balaban J connectivity index is 1.97. The Morgan fingerprint density at radius 1 is 1.28 bits per heavy atom. The number of rotatable bonds is 6. The Hall–Kier alpha value is -2.64. The number of anilines is 1. The van der Waals surface area contributed by atoms with Crippen LogP contribution in [0.2, 0.25) is 0 Å². The number of carbonyl (C=O) groups is 3. The van der Waals surface area contributed by atoms with Gasteiger partial charge in [-0.05, 0) is 25.0 Å². The molecule has 1 aromatic heterocycles. The highest BCUT2D eigenvalue weighted by atomic mass is 16.2. The number of amides is 3. The van der Waals surface area contributed by atoms with Gasteiger partial charge in [0.2, 0.25) is 17.7 Å². The number of pyridine rings is 1. The van der Waals surface area contributed by atoms with Gasteiger partial charge < -0.3 is 20.9 Å². The van der Waals surface area contributed by atoms with Gasteiger partial charge >= 0.3 is 0 Å². The number of primary amides is 1. The van der Waals surface area contributed by atoms with Crippen LogP contribution in [-0.2, 0) is 14.4 Å². The highest BCUT2D eigenvalue weighted by Gasteiger charge is 2.28. The van der Waals surface area contributed by atoms with Crippen molar-refractivity contribution in [3.63, 3.8) is 0 Å². The molecule has 0 spiro atoms. The van der Waals surface area contributed by atoms with E-state index in [1.165, 1.54) is 6.92 Å². The van der Waals surface area contributed by atoms with Gasteiger partial charge in [-0.2, -0.15) is 0 Å². The van der Waals surface area contributed by atoms with Crippen LogP contribution in [0, 0.1) is 6.92 Å². The summed E-state index contributed by atoms with van der Waals surface area (Å²) in [5.41, 5.74) is 7.38. The molecule has 2 heterocycles. The molecule has 0 saturated carbocycles. The average molecular weight is 347 g/mol. The van der Waals surface area contributed by atoms with Crippen molar-refractivity contribution < 1.29 is 14.4 Å². The molecule has 1 fully saturated rings. The van der Waals surface area contributed by atoms with Crippen LogP contribution in [0.15, 0.2) is 18.5 Å². The first-order valence-electron chi connectivity index (χ1n) is 8.38. The summed E-state index contributed by atoms with van der Waals surface area (Å²) in [5, 5.41) is 2.62. The molecule has 2 rings (SSSR count). The van der Waals surface area contributed by atoms with Crippen LogP contribution in [0.3, 0.4) is 0 Å². The fourth-order valence-corrected chi connectivity index (χ4v) is 3.00. The first-order valence-corrected chi connectivity index (χ1v) is 8.38. The highest BCUT2D eigenvalue weighted by molar-refractivity contribution is 5.87. The topological polar surface area (TPSA) is 109 Å². The van der Waals surface area contributed by atoms with Gasteiger partial charge in [-0.1, -0.05) is 0 Å². The third kappa shape index (κ3) is 5.17. The molecule has 8 heteroatoms. The van der Waals surface area contributed by atoms with E-state index in [9.17, 15) is 14.4 Å². The zero-order valence-electron chi connectivity index (χ0n) is 14.7. The number of hydrogen-bond donors (Lipinski definition) is 2. The normalized spacial score (nSPS) is 15.6. The predicted octanol–water partition coefficient (Wildman–Crippen LogP) is -0.191. The van der Waals surface area contributed by atoms with Gasteiger partial charge in [0.25, 0.3) is 0 Å². The molecular formula is C17H25N5O3. The van der Waals surface area contributed by atoms with Crippen LogP contribution in [-0.4, -0.2) is 59.8 Å². The first kappa shape index (κ1) is 18.7. The summed E-state index contributed by atoms with van der Waals surface area (Å²) in [6, 6.07) is 1.26. The minimum atomic E-state index is -0.709. The minimum Gasteiger partial charge on any atom is -0.370 e. The fraction of sp³-hybridized carbons (Fsp3) is 0.529. The summed E-state index contributed by atoms with van der Waals surface area (Å²) < 4.78 is 0. The summed E-state index contributed by atoms with van der Waals surface area (Å²) in [6.07, 6.45) is 3.87. The molecule has 136 valence electrons. The van der Waals surface area contributed by atoms with Crippen LogP contribution in [0.1, 0.15) is 25.3 Å². The zero-order valence-corrected chi connectivity index (χ0v) is 14.7. The van der Waals surface area contributed by atoms with Crippen molar-refractivity contribution >= 4 is 23.4 Å². The second-order valence-corrected chi connectivity index (χ2v) is 6.23. The van der Waals surface area contributed by atoms with E-state index in [2.05, 4.69) is 15.2 Å². The fourth-order valence-electron chi connectivity index (χ4n) is 3.00. The summed E-state index contributed by atoms with van der Waals surface area (Å²) in [6.45, 7) is 5.91. The van der Waals surface area contributed by atoms with E-state index in [0.29, 0.717) is 26.2 Å². The van der Waals surface area contributed by atoms with Crippen molar-refractivity contribution in [3.05, 3.63) is 24.0 Å². The number of aryl methyl sites for hydroxylation is 1. The molecule has 0 aliphatic carbocycles. The quantitative estimate of drug-likeness (QED) is 0.741. The maximum absolute atomic E-state index is 12.7. The van der Waals surface area contributed by atoms with Crippen molar-refractivity contribution in [2.45, 2.75) is 32.7 Å². The maximum Gasteiger partial charge on any atom is 0.245 e. The molecule has 25 heavy (non-hydrogen) atoms. The Labute approximate surface area is 147 Å². The molecule has 3 amide bonds. The van der Waals surface area contributed by atoms with Gasteiger partial charge in [-0.3, -0.25) is 19.4 Å². The third-order valence-electron chi connectivity index (χ3n) is 4.28. The first-order chi connectivity index (χ1) is 11.9. The largest absolute Gasteiger partial charge is 0.370 e. The summed E-state index contributed by atoms with van der Waals surface area (Å²) in [5.74, 6) is -0.947. The molecule has 1 aromatic rings. The van der Waals surface area contributed by atoms with E-state index in [1.807, 2.05) is 19.2 Å². The van der Waals surface area contributed by atoms with Gasteiger partial charge in [0, 0.05) is 57.6 Å². The number of aromatic nitrogens is 1. The standard InChI is InChI=1S/C17H25N5O3/c1-12-11-19-6-5-15(12)21-7-9-22(10-8-21)17(25)14(20-13(2)23)3-4-16(18)24/h5-6,11,14H,3-4,7-10H2,1-2H3,(H2,18,24)(H,20,23)/t14-/m0/s1. The smallest absolute Gasteiger partial charge is 0.245 e. The Kier molecular flexibility index (Phi) is 6.32. The molecule has 0 radical (unpaired) electrons. The molecule has 8 nitrogen and oxygen atoms in total. The molecule has 1 aliphatic heterocycles. The minimum absolute atomic E-state index is 0.0624. The summed E-state index contributed by atoms with van der Waals surface area (Å²) in [4.78, 5) is 43.1. The lowest BCUT2D eigenvalue weighted by molar-refractivity contribution is -0.136. The van der Waals surface area contributed by atoms with Crippen molar-refractivity contribution in [2.75, 3.05) is 31.1 Å². The highest BCUT2D eigenvalue weighted by Crippen LogP contribution is 2.20. The van der Waals surface area contributed by atoms with Crippen LogP contribution in [0.25, 0.3) is 0 Å². The van der Waals surface area contributed by atoms with Crippen LogP contribution in [0.5, 0.6) is 0 Å². The molecule has 1 saturated heterocycles. The number of nitrogens with zero attached hydrogens (tertiary/aromatic N) is 3. The summed E-state index contributed by atoms with van der Waals surface area (Å²) in [7, 11) is 0. The molecule has 0 aromatic carbocycles. The van der Waals surface area contributed by atoms with Crippen LogP contribution in [0.4, 0.5) is 5.69 Å². The van der Waals surface area contributed by atoms with Crippen LogP contribution >= 0.6 is 0 Å². The molecule has 3 N–H and O–H groups in total. The molecule has 0 unspecified atom stereocenters. The van der Waals surface area contributed by atoms with Crippen molar-refractivity contribution in [1.29, 1.82) is 0 Å². The molecular weight excluding hydrogens is 322 g/mol. The van der Waals surface area contributed by atoms with E-state index in [4.69, 9.17) is 5.73 Å². The van der Waals surface area contributed by atoms with E-state index in [1.54, 1.807) is 11.1 Å². The monoisotopic (exact) mass is 347 g/mol. The SMILES string of the molecule is CC(=O)N[C@@H](CCC(N)=O)C(=O)N1CCN(c2ccncc2C)CC1. The molecule has 1 aliphatic rings. The Morgan fingerprint density at radius 2 is 1.96 bits per heavy atom. The number of hydrogen-bond acceptors (Lipinski definition) is 5. The van der Waals surface area contributed by atoms with Crippen molar-refractivity contribution in [1.82, 2.24) is 15.2 Å². The second-order valence-electron chi connectivity index (χ2n) is 6.23. The lowest BCUT2D eigenvalue weighted by Gasteiger charge is -2.38. The lowest BCUT2D eigenvalue weighted by Crippen LogP contribution is -2.55. The lowest BCUT2D eigenvalue weighted by atomic mass is 10.1. The van der Waals surface area contributed by atoms with E-state index in [-0.39, 0.29) is 24.7 Å². The maximum atomic E-state index is 12.7. The second kappa shape index (κ2) is 8.46. The van der Waals surface area contributed by atoms with Gasteiger partial charge in [-0.15, -0.1) is 0 Å². The van der Waals surface area contributed by atoms with E-state index in [0.717, 1.165) is 11.3 Å². The average Bonchev–Trinajstić information content (AvgIpc) is 2.58. The van der Waals surface area contributed by atoms with Gasteiger partial charge in [-0.25, -0.2) is 0 Å². The number of nitrogens with two attached hydrogens (primary N) is 1. The van der Waals surface area contributed by atoms with E-state index < -0.39 is 11.9 Å². The zero-order chi connectivity index (χ0) is 18.4. The van der Waals surface area contributed by atoms with Crippen molar-refractivity contribution in [2.24, 2.45) is 5.73 Å².